The topological polar surface area (TPSA) is 76.5 Å². The van der Waals surface area contributed by atoms with E-state index in [-0.39, 0.29) is 17.9 Å². The molecule has 32 heavy (non-hydrogen) atoms. The molecule has 0 unspecified atom stereocenters. The SMILES string of the molecule is Cc1nn(-c2ccccc2)c(Cn2cnc3scc(-c4ccc(F)cc4)c3c2=O)c1C#N. The summed E-state index contributed by atoms with van der Waals surface area (Å²) < 4.78 is 16.5. The molecule has 0 saturated heterocycles. The Labute approximate surface area is 186 Å². The van der Waals surface area contributed by atoms with Crippen molar-refractivity contribution in [3.05, 3.63) is 99.4 Å². The van der Waals surface area contributed by atoms with E-state index in [1.165, 1.54) is 34.4 Å². The van der Waals surface area contributed by atoms with Gasteiger partial charge in [-0.2, -0.15) is 10.4 Å². The third-order valence-electron chi connectivity index (χ3n) is 5.30. The Morgan fingerprint density at radius 3 is 2.59 bits per heavy atom. The summed E-state index contributed by atoms with van der Waals surface area (Å²) in [5.41, 5.74) is 3.68. The summed E-state index contributed by atoms with van der Waals surface area (Å²) in [5, 5.41) is 16.6. The van der Waals surface area contributed by atoms with E-state index in [9.17, 15) is 14.4 Å². The first-order valence-electron chi connectivity index (χ1n) is 9.83. The zero-order valence-corrected chi connectivity index (χ0v) is 17.8. The van der Waals surface area contributed by atoms with Crippen molar-refractivity contribution in [3.8, 4) is 22.9 Å². The van der Waals surface area contributed by atoms with Gasteiger partial charge in [-0.15, -0.1) is 11.3 Å². The number of benzene rings is 2. The number of nitriles is 1. The third kappa shape index (κ3) is 3.29. The maximum Gasteiger partial charge on any atom is 0.263 e. The van der Waals surface area contributed by atoms with Crippen molar-refractivity contribution < 1.29 is 4.39 Å². The lowest BCUT2D eigenvalue weighted by Gasteiger charge is -2.10. The van der Waals surface area contributed by atoms with Gasteiger partial charge in [-0.05, 0) is 36.8 Å². The zero-order valence-electron chi connectivity index (χ0n) is 17.0. The first-order chi connectivity index (χ1) is 15.6. The molecular formula is C24H16FN5OS. The van der Waals surface area contributed by atoms with Gasteiger partial charge in [0.2, 0.25) is 0 Å². The van der Waals surface area contributed by atoms with Crippen LogP contribution in [0.2, 0.25) is 0 Å². The molecule has 5 rings (SSSR count). The van der Waals surface area contributed by atoms with E-state index in [0.29, 0.717) is 32.7 Å². The maximum atomic E-state index is 13.5. The lowest BCUT2D eigenvalue weighted by molar-refractivity contribution is 0.628. The van der Waals surface area contributed by atoms with Crippen molar-refractivity contribution in [1.82, 2.24) is 19.3 Å². The highest BCUT2D eigenvalue weighted by Crippen LogP contribution is 2.31. The summed E-state index contributed by atoms with van der Waals surface area (Å²) in [5.74, 6) is -0.336. The minimum atomic E-state index is -0.336. The molecule has 5 aromatic rings. The molecule has 0 bridgehead atoms. The Bertz CT molecular complexity index is 1540. The predicted octanol–water partition coefficient (Wildman–Crippen LogP) is 4.68. The van der Waals surface area contributed by atoms with Gasteiger partial charge in [0.05, 0.1) is 40.9 Å². The van der Waals surface area contributed by atoms with Gasteiger partial charge in [0.1, 0.15) is 16.7 Å². The van der Waals surface area contributed by atoms with Gasteiger partial charge in [0.25, 0.3) is 5.56 Å². The quantitative estimate of drug-likeness (QED) is 0.406. The van der Waals surface area contributed by atoms with Crippen molar-refractivity contribution in [2.24, 2.45) is 0 Å². The number of rotatable bonds is 4. The molecule has 0 aliphatic rings. The molecule has 0 fully saturated rings. The molecule has 0 aliphatic carbocycles. The van der Waals surface area contributed by atoms with E-state index in [2.05, 4.69) is 16.2 Å². The first kappa shape index (κ1) is 19.8. The van der Waals surface area contributed by atoms with Crippen molar-refractivity contribution in [3.63, 3.8) is 0 Å². The Kier molecular flexibility index (Phi) is 4.88. The maximum absolute atomic E-state index is 13.5. The second kappa shape index (κ2) is 7.87. The molecule has 0 amide bonds. The van der Waals surface area contributed by atoms with Crippen LogP contribution in [0.5, 0.6) is 0 Å². The Morgan fingerprint density at radius 1 is 1.12 bits per heavy atom. The zero-order chi connectivity index (χ0) is 22.2. The van der Waals surface area contributed by atoms with Gasteiger partial charge in [-0.3, -0.25) is 9.36 Å². The van der Waals surface area contributed by atoms with Gasteiger partial charge in [0, 0.05) is 10.9 Å². The summed E-state index contributed by atoms with van der Waals surface area (Å²) in [6.45, 7) is 1.91. The standard InChI is InChI=1S/C24H16FN5OS/c1-15-19(11-26)21(30(28-15)18-5-3-2-4-6-18)12-29-14-27-23-22(24(29)31)20(13-32-23)16-7-9-17(25)10-8-16/h2-10,13-14H,12H2,1H3. The minimum Gasteiger partial charge on any atom is -0.293 e. The van der Waals surface area contributed by atoms with Crippen LogP contribution < -0.4 is 5.56 Å². The molecule has 3 heterocycles. The molecule has 0 aliphatic heterocycles. The third-order valence-corrected chi connectivity index (χ3v) is 6.19. The van der Waals surface area contributed by atoms with E-state index in [4.69, 9.17) is 0 Å². The fourth-order valence-electron chi connectivity index (χ4n) is 3.73. The van der Waals surface area contributed by atoms with Crippen LogP contribution in [0.15, 0.2) is 71.1 Å². The van der Waals surface area contributed by atoms with Gasteiger partial charge in [0.15, 0.2) is 0 Å². The van der Waals surface area contributed by atoms with Gasteiger partial charge in [-0.1, -0.05) is 30.3 Å². The van der Waals surface area contributed by atoms with E-state index in [0.717, 1.165) is 11.3 Å². The van der Waals surface area contributed by atoms with Crippen LogP contribution >= 0.6 is 11.3 Å². The van der Waals surface area contributed by atoms with Gasteiger partial charge in [-0.25, -0.2) is 14.1 Å². The Hall–Kier alpha value is -4.09. The fraction of sp³-hybridized carbons (Fsp3) is 0.0833. The van der Waals surface area contributed by atoms with Crippen LogP contribution in [-0.4, -0.2) is 19.3 Å². The summed E-state index contributed by atoms with van der Waals surface area (Å²) in [4.78, 5) is 18.5. The van der Waals surface area contributed by atoms with Crippen LogP contribution in [-0.2, 0) is 6.54 Å². The summed E-state index contributed by atoms with van der Waals surface area (Å²) >= 11 is 1.37. The second-order valence-electron chi connectivity index (χ2n) is 7.28. The van der Waals surface area contributed by atoms with Crippen LogP contribution in [0.4, 0.5) is 4.39 Å². The second-order valence-corrected chi connectivity index (χ2v) is 8.14. The monoisotopic (exact) mass is 441 g/mol. The number of hydrogen-bond acceptors (Lipinski definition) is 5. The number of nitrogens with zero attached hydrogens (tertiary/aromatic N) is 5. The van der Waals surface area contributed by atoms with E-state index >= 15 is 0 Å². The fourth-order valence-corrected chi connectivity index (χ4v) is 4.64. The molecule has 0 saturated carbocycles. The Morgan fingerprint density at radius 2 is 1.88 bits per heavy atom. The molecule has 156 valence electrons. The summed E-state index contributed by atoms with van der Waals surface area (Å²) in [6.07, 6.45) is 1.49. The molecule has 2 aromatic carbocycles. The van der Waals surface area contributed by atoms with Crippen molar-refractivity contribution in [2.45, 2.75) is 13.5 Å². The number of fused-ring (bicyclic) bond motifs is 1. The molecule has 8 heteroatoms. The van der Waals surface area contributed by atoms with E-state index in [1.54, 1.807) is 23.7 Å². The van der Waals surface area contributed by atoms with Crippen LogP contribution in [0.3, 0.4) is 0 Å². The van der Waals surface area contributed by atoms with Crippen LogP contribution in [0, 0.1) is 24.1 Å². The number of para-hydroxylation sites is 1. The number of halogens is 1. The number of aromatic nitrogens is 4. The largest absolute Gasteiger partial charge is 0.293 e. The van der Waals surface area contributed by atoms with Crippen LogP contribution in [0.1, 0.15) is 17.0 Å². The van der Waals surface area contributed by atoms with E-state index < -0.39 is 0 Å². The summed E-state index contributed by atoms with van der Waals surface area (Å²) in [7, 11) is 0. The van der Waals surface area contributed by atoms with Crippen molar-refractivity contribution >= 4 is 21.6 Å². The molecule has 0 radical (unpaired) electrons. The lowest BCUT2D eigenvalue weighted by atomic mass is 10.1. The van der Waals surface area contributed by atoms with Crippen molar-refractivity contribution in [2.75, 3.05) is 0 Å². The Balaban J connectivity index is 1.66. The summed E-state index contributed by atoms with van der Waals surface area (Å²) in [6, 6.07) is 17.7. The van der Waals surface area contributed by atoms with Crippen LogP contribution in [0.25, 0.3) is 27.0 Å². The average molecular weight is 441 g/mol. The minimum absolute atomic E-state index is 0.138. The molecule has 6 nitrogen and oxygen atoms in total. The number of thiophene rings is 1. The molecule has 0 spiro atoms. The molecular weight excluding hydrogens is 425 g/mol. The highest BCUT2D eigenvalue weighted by atomic mass is 32.1. The van der Waals surface area contributed by atoms with Gasteiger partial charge >= 0.3 is 0 Å². The molecule has 0 atom stereocenters. The predicted molar refractivity (Wildman–Crippen MR) is 121 cm³/mol. The van der Waals surface area contributed by atoms with E-state index in [1.807, 2.05) is 35.7 Å². The first-order valence-corrected chi connectivity index (χ1v) is 10.7. The normalized spacial score (nSPS) is 11.0. The lowest BCUT2D eigenvalue weighted by Crippen LogP contribution is -2.22. The molecule has 3 aromatic heterocycles. The highest BCUT2D eigenvalue weighted by Gasteiger charge is 2.19. The molecule has 0 N–H and O–H groups in total. The smallest absolute Gasteiger partial charge is 0.263 e. The average Bonchev–Trinajstić information content (AvgIpc) is 3.38. The number of hydrogen-bond donors (Lipinski definition) is 0. The number of aryl methyl sites for hydroxylation is 1. The highest BCUT2D eigenvalue weighted by molar-refractivity contribution is 7.17. The van der Waals surface area contributed by atoms with Gasteiger partial charge < -0.3 is 0 Å². The van der Waals surface area contributed by atoms with Crippen molar-refractivity contribution in [1.29, 1.82) is 5.26 Å².